The van der Waals surface area contributed by atoms with E-state index in [1.807, 2.05) is 18.2 Å². The second-order valence-corrected chi connectivity index (χ2v) is 4.89. The van der Waals surface area contributed by atoms with Crippen molar-refractivity contribution in [2.45, 2.75) is 19.4 Å². The maximum Gasteiger partial charge on any atom is 0.123 e. The van der Waals surface area contributed by atoms with Crippen molar-refractivity contribution in [3.63, 3.8) is 0 Å². The zero-order valence-corrected chi connectivity index (χ0v) is 11.8. The molecule has 0 spiro atoms. The van der Waals surface area contributed by atoms with E-state index in [9.17, 15) is 0 Å². The van der Waals surface area contributed by atoms with Gasteiger partial charge in [-0.1, -0.05) is 0 Å². The van der Waals surface area contributed by atoms with Gasteiger partial charge in [0.15, 0.2) is 0 Å². The highest BCUT2D eigenvalue weighted by Gasteiger charge is 2.13. The molecular weight excluding hydrogens is 242 g/mol. The molecule has 1 N–H and O–H groups in total. The molecule has 1 aliphatic rings. The van der Waals surface area contributed by atoms with Crippen LogP contribution >= 0.6 is 0 Å². The molecular formula is C15H23NO3. The van der Waals surface area contributed by atoms with Gasteiger partial charge in [0.2, 0.25) is 0 Å². The Morgan fingerprint density at radius 3 is 2.89 bits per heavy atom. The molecule has 0 aliphatic carbocycles. The Morgan fingerprint density at radius 1 is 1.32 bits per heavy atom. The summed E-state index contributed by atoms with van der Waals surface area (Å²) in [5.41, 5.74) is 1.12. The van der Waals surface area contributed by atoms with Crippen molar-refractivity contribution in [3.05, 3.63) is 23.8 Å². The van der Waals surface area contributed by atoms with Crippen LogP contribution in [-0.2, 0) is 11.3 Å². The second-order valence-electron chi connectivity index (χ2n) is 4.89. The van der Waals surface area contributed by atoms with Crippen LogP contribution in [0.1, 0.15) is 18.4 Å². The van der Waals surface area contributed by atoms with Gasteiger partial charge < -0.3 is 19.5 Å². The van der Waals surface area contributed by atoms with Gasteiger partial charge in [-0.2, -0.15) is 0 Å². The average Bonchev–Trinajstić information content (AvgIpc) is 2.48. The Bertz CT molecular complexity index is 389. The minimum Gasteiger partial charge on any atom is -0.497 e. The molecule has 1 heterocycles. The first kappa shape index (κ1) is 14.2. The van der Waals surface area contributed by atoms with Gasteiger partial charge in [0, 0.05) is 25.3 Å². The molecule has 0 radical (unpaired) electrons. The smallest absolute Gasteiger partial charge is 0.123 e. The molecule has 19 heavy (non-hydrogen) atoms. The lowest BCUT2D eigenvalue weighted by atomic mass is 10.0. The molecule has 1 saturated heterocycles. The van der Waals surface area contributed by atoms with Gasteiger partial charge in [-0.25, -0.2) is 0 Å². The lowest BCUT2D eigenvalue weighted by molar-refractivity contribution is 0.0547. The third-order valence-corrected chi connectivity index (χ3v) is 3.49. The van der Waals surface area contributed by atoms with Crippen LogP contribution in [0.4, 0.5) is 0 Å². The third-order valence-electron chi connectivity index (χ3n) is 3.49. The first-order valence-corrected chi connectivity index (χ1v) is 6.83. The van der Waals surface area contributed by atoms with Crippen molar-refractivity contribution in [1.82, 2.24) is 5.32 Å². The van der Waals surface area contributed by atoms with E-state index in [-0.39, 0.29) is 0 Å². The predicted molar refractivity (Wildman–Crippen MR) is 74.8 cm³/mol. The highest BCUT2D eigenvalue weighted by Crippen LogP contribution is 2.23. The van der Waals surface area contributed by atoms with E-state index in [1.165, 1.54) is 12.8 Å². The van der Waals surface area contributed by atoms with Crippen LogP contribution < -0.4 is 14.8 Å². The zero-order chi connectivity index (χ0) is 13.5. The van der Waals surface area contributed by atoms with Gasteiger partial charge in [0.25, 0.3) is 0 Å². The molecule has 0 amide bonds. The number of hydrogen-bond acceptors (Lipinski definition) is 4. The molecule has 1 aromatic carbocycles. The van der Waals surface area contributed by atoms with Crippen LogP contribution in [0.3, 0.4) is 0 Å². The molecule has 0 bridgehead atoms. The van der Waals surface area contributed by atoms with E-state index in [2.05, 4.69) is 5.32 Å². The van der Waals surface area contributed by atoms with Gasteiger partial charge in [0.1, 0.15) is 11.5 Å². The normalized spacial score (nSPS) is 19.2. The summed E-state index contributed by atoms with van der Waals surface area (Å²) in [6.45, 7) is 3.57. The van der Waals surface area contributed by atoms with E-state index >= 15 is 0 Å². The summed E-state index contributed by atoms with van der Waals surface area (Å²) in [7, 11) is 3.37. The maximum atomic E-state index is 5.48. The molecule has 4 heteroatoms. The summed E-state index contributed by atoms with van der Waals surface area (Å²) >= 11 is 0. The molecule has 1 atom stereocenters. The Morgan fingerprint density at radius 2 is 2.21 bits per heavy atom. The molecule has 1 aliphatic heterocycles. The number of rotatable bonds is 6. The topological polar surface area (TPSA) is 39.7 Å². The largest absolute Gasteiger partial charge is 0.497 e. The highest BCUT2D eigenvalue weighted by molar-refractivity contribution is 5.40. The first-order valence-electron chi connectivity index (χ1n) is 6.83. The molecule has 1 unspecified atom stereocenters. The Hall–Kier alpha value is -1.26. The molecule has 106 valence electrons. The van der Waals surface area contributed by atoms with Crippen LogP contribution in [0.5, 0.6) is 11.5 Å². The summed E-state index contributed by atoms with van der Waals surface area (Å²) < 4.78 is 16.1. The Balaban J connectivity index is 1.86. The fourth-order valence-corrected chi connectivity index (χ4v) is 2.40. The van der Waals surface area contributed by atoms with Crippen molar-refractivity contribution in [1.29, 1.82) is 0 Å². The van der Waals surface area contributed by atoms with Crippen LogP contribution in [0, 0.1) is 5.92 Å². The Labute approximate surface area is 115 Å². The van der Waals surface area contributed by atoms with Crippen molar-refractivity contribution < 1.29 is 14.2 Å². The van der Waals surface area contributed by atoms with Crippen LogP contribution in [0.25, 0.3) is 0 Å². The molecule has 1 aromatic rings. The molecule has 2 rings (SSSR count). The van der Waals surface area contributed by atoms with Crippen molar-refractivity contribution in [3.8, 4) is 11.5 Å². The third kappa shape index (κ3) is 4.11. The quantitative estimate of drug-likeness (QED) is 0.856. The van der Waals surface area contributed by atoms with Gasteiger partial charge in [-0.3, -0.25) is 0 Å². The highest BCUT2D eigenvalue weighted by atomic mass is 16.5. The minimum atomic E-state index is 0.630. The first-order chi connectivity index (χ1) is 9.33. The van der Waals surface area contributed by atoms with Gasteiger partial charge in [-0.15, -0.1) is 0 Å². The lowest BCUT2D eigenvalue weighted by Crippen LogP contribution is -2.29. The fraction of sp³-hybridized carbons (Fsp3) is 0.600. The summed E-state index contributed by atoms with van der Waals surface area (Å²) in [5.74, 6) is 2.39. The summed E-state index contributed by atoms with van der Waals surface area (Å²) in [6.07, 6.45) is 2.43. The van der Waals surface area contributed by atoms with Gasteiger partial charge in [-0.05, 0) is 37.0 Å². The van der Waals surface area contributed by atoms with E-state index in [0.717, 1.165) is 43.4 Å². The summed E-state index contributed by atoms with van der Waals surface area (Å²) in [5, 5.41) is 3.48. The standard InChI is InChI=1S/C15H23NO3/c1-17-14-5-6-15(18-2)13(8-14)10-16-9-12-4-3-7-19-11-12/h5-6,8,12,16H,3-4,7,9-11H2,1-2H3. The van der Waals surface area contributed by atoms with Gasteiger partial charge >= 0.3 is 0 Å². The van der Waals surface area contributed by atoms with Gasteiger partial charge in [0.05, 0.1) is 20.8 Å². The summed E-state index contributed by atoms with van der Waals surface area (Å²) in [4.78, 5) is 0. The van der Waals surface area contributed by atoms with Crippen LogP contribution in [0.15, 0.2) is 18.2 Å². The number of ether oxygens (including phenoxy) is 3. The molecule has 1 fully saturated rings. The number of benzene rings is 1. The number of nitrogens with one attached hydrogen (secondary N) is 1. The monoisotopic (exact) mass is 265 g/mol. The van der Waals surface area contributed by atoms with E-state index < -0.39 is 0 Å². The van der Waals surface area contributed by atoms with Crippen LogP contribution in [-0.4, -0.2) is 34.0 Å². The van der Waals surface area contributed by atoms with E-state index in [0.29, 0.717) is 5.92 Å². The predicted octanol–water partition coefficient (Wildman–Crippen LogP) is 2.22. The SMILES string of the molecule is COc1ccc(OC)c(CNCC2CCCOC2)c1. The minimum absolute atomic E-state index is 0.630. The van der Waals surface area contributed by atoms with E-state index in [1.54, 1.807) is 14.2 Å². The second kappa shape index (κ2) is 7.36. The molecule has 0 saturated carbocycles. The molecule has 4 nitrogen and oxygen atoms in total. The number of methoxy groups -OCH3 is 2. The van der Waals surface area contributed by atoms with E-state index in [4.69, 9.17) is 14.2 Å². The zero-order valence-electron chi connectivity index (χ0n) is 11.8. The van der Waals surface area contributed by atoms with Crippen molar-refractivity contribution in [2.24, 2.45) is 5.92 Å². The number of hydrogen-bond donors (Lipinski definition) is 1. The molecule has 0 aromatic heterocycles. The van der Waals surface area contributed by atoms with Crippen molar-refractivity contribution in [2.75, 3.05) is 34.0 Å². The lowest BCUT2D eigenvalue weighted by Gasteiger charge is -2.22. The fourth-order valence-electron chi connectivity index (χ4n) is 2.40. The average molecular weight is 265 g/mol. The Kier molecular flexibility index (Phi) is 5.48. The van der Waals surface area contributed by atoms with Crippen molar-refractivity contribution >= 4 is 0 Å². The summed E-state index contributed by atoms with van der Waals surface area (Å²) in [6, 6.07) is 5.88. The maximum absolute atomic E-state index is 5.48. The van der Waals surface area contributed by atoms with Crippen LogP contribution in [0.2, 0.25) is 0 Å².